The van der Waals surface area contributed by atoms with Gasteiger partial charge in [0.2, 0.25) is 0 Å². The lowest BCUT2D eigenvalue weighted by Gasteiger charge is -2.19. The molecule has 1 saturated carbocycles. The van der Waals surface area contributed by atoms with E-state index in [9.17, 15) is 0 Å². The summed E-state index contributed by atoms with van der Waals surface area (Å²) in [5, 5.41) is 4.02. The van der Waals surface area contributed by atoms with Crippen molar-refractivity contribution in [3.05, 3.63) is 0 Å². The van der Waals surface area contributed by atoms with E-state index in [1.54, 1.807) is 0 Å². The smallest absolute Gasteiger partial charge is 0.143 e. The lowest BCUT2D eigenvalue weighted by atomic mass is 9.95. The molecule has 1 spiro atoms. The zero-order valence-corrected chi connectivity index (χ0v) is 7.26. The average molecular weight is 153 g/mol. The lowest BCUT2D eigenvalue weighted by Crippen LogP contribution is -2.24. The van der Waals surface area contributed by atoms with Gasteiger partial charge in [-0.2, -0.15) is 0 Å². The summed E-state index contributed by atoms with van der Waals surface area (Å²) in [6.07, 6.45) is 4.78. The molecule has 11 heavy (non-hydrogen) atoms. The summed E-state index contributed by atoms with van der Waals surface area (Å²) in [5.41, 5.74) is 1.29. The van der Waals surface area contributed by atoms with Crippen molar-refractivity contribution in [2.75, 3.05) is 0 Å². The van der Waals surface area contributed by atoms with Gasteiger partial charge in [-0.3, -0.25) is 0 Å². The maximum Gasteiger partial charge on any atom is 0.143 e. The van der Waals surface area contributed by atoms with E-state index in [0.29, 0.717) is 0 Å². The van der Waals surface area contributed by atoms with Crippen molar-refractivity contribution in [2.45, 2.75) is 45.1 Å². The zero-order valence-electron chi connectivity index (χ0n) is 7.26. The molecule has 62 valence electrons. The van der Waals surface area contributed by atoms with Crippen LogP contribution in [0.2, 0.25) is 0 Å². The Bertz CT molecular complexity index is 200. The molecule has 2 rings (SSSR count). The van der Waals surface area contributed by atoms with Crippen molar-refractivity contribution in [3.8, 4) is 0 Å². The molecule has 0 bridgehead atoms. The van der Waals surface area contributed by atoms with E-state index in [1.807, 2.05) is 0 Å². The molecule has 2 nitrogen and oxygen atoms in total. The van der Waals surface area contributed by atoms with Crippen LogP contribution in [0.3, 0.4) is 0 Å². The van der Waals surface area contributed by atoms with Crippen molar-refractivity contribution in [3.63, 3.8) is 0 Å². The van der Waals surface area contributed by atoms with Crippen molar-refractivity contribution in [1.82, 2.24) is 0 Å². The third-order valence-electron chi connectivity index (χ3n) is 2.79. The molecule has 1 aliphatic heterocycles. The molecule has 1 heterocycles. The van der Waals surface area contributed by atoms with Crippen LogP contribution in [-0.4, -0.2) is 11.3 Å². The van der Waals surface area contributed by atoms with Crippen LogP contribution >= 0.6 is 0 Å². The molecule has 1 fully saturated rings. The predicted octanol–water partition coefficient (Wildman–Crippen LogP) is 2.34. The largest absolute Gasteiger partial charge is 0.389 e. The van der Waals surface area contributed by atoms with Crippen LogP contribution in [0.5, 0.6) is 0 Å². The molecule has 0 amide bonds. The second-order valence-corrected chi connectivity index (χ2v) is 4.13. The van der Waals surface area contributed by atoms with Crippen molar-refractivity contribution < 1.29 is 4.84 Å². The minimum absolute atomic E-state index is 0.128. The number of hydrogen-bond donors (Lipinski definition) is 0. The second-order valence-electron chi connectivity index (χ2n) is 4.13. The SMILES string of the molecule is CC1=NOC2(CCC(C)C2)C1. The van der Waals surface area contributed by atoms with Crippen LogP contribution in [-0.2, 0) is 4.84 Å². The van der Waals surface area contributed by atoms with Crippen LogP contribution in [0.25, 0.3) is 0 Å². The van der Waals surface area contributed by atoms with E-state index in [0.717, 1.165) is 12.3 Å². The van der Waals surface area contributed by atoms with Gasteiger partial charge < -0.3 is 4.84 Å². The summed E-state index contributed by atoms with van der Waals surface area (Å²) in [5.74, 6) is 0.830. The third-order valence-corrected chi connectivity index (χ3v) is 2.79. The van der Waals surface area contributed by atoms with E-state index < -0.39 is 0 Å². The Labute approximate surface area is 67.6 Å². The topological polar surface area (TPSA) is 21.6 Å². The molecule has 2 aliphatic rings. The highest BCUT2D eigenvalue weighted by atomic mass is 16.7. The van der Waals surface area contributed by atoms with E-state index in [2.05, 4.69) is 19.0 Å². The molecule has 2 heteroatoms. The van der Waals surface area contributed by atoms with Gasteiger partial charge in [0.15, 0.2) is 0 Å². The van der Waals surface area contributed by atoms with Crippen molar-refractivity contribution in [2.24, 2.45) is 11.1 Å². The first-order valence-electron chi connectivity index (χ1n) is 4.42. The average Bonchev–Trinajstić information content (AvgIpc) is 2.44. The Morgan fingerprint density at radius 1 is 1.64 bits per heavy atom. The molecule has 0 aromatic rings. The van der Waals surface area contributed by atoms with E-state index in [4.69, 9.17) is 4.84 Å². The second kappa shape index (κ2) is 2.23. The first-order valence-corrected chi connectivity index (χ1v) is 4.42. The van der Waals surface area contributed by atoms with Crippen LogP contribution in [0, 0.1) is 5.92 Å². The molecule has 2 atom stereocenters. The van der Waals surface area contributed by atoms with Crippen LogP contribution in [0.15, 0.2) is 5.16 Å². The Morgan fingerprint density at radius 3 is 2.91 bits per heavy atom. The normalized spacial score (nSPS) is 42.7. The Hall–Kier alpha value is -0.530. The van der Waals surface area contributed by atoms with E-state index in [-0.39, 0.29) is 5.60 Å². The number of nitrogens with zero attached hydrogens (tertiary/aromatic N) is 1. The Morgan fingerprint density at radius 2 is 2.45 bits per heavy atom. The van der Waals surface area contributed by atoms with Gasteiger partial charge in [-0.05, 0) is 32.1 Å². The minimum Gasteiger partial charge on any atom is -0.389 e. The number of oxime groups is 1. The predicted molar refractivity (Wildman–Crippen MR) is 44.6 cm³/mol. The molecular weight excluding hydrogens is 138 g/mol. The van der Waals surface area contributed by atoms with Gasteiger partial charge in [-0.25, -0.2) is 0 Å². The maximum absolute atomic E-state index is 5.47. The monoisotopic (exact) mass is 153 g/mol. The van der Waals surface area contributed by atoms with Crippen LogP contribution < -0.4 is 0 Å². The summed E-state index contributed by atoms with van der Waals surface area (Å²) in [4.78, 5) is 5.47. The first-order chi connectivity index (χ1) is 5.20. The van der Waals surface area contributed by atoms with Gasteiger partial charge >= 0.3 is 0 Å². The Kier molecular flexibility index (Phi) is 1.44. The summed E-state index contributed by atoms with van der Waals surface area (Å²) in [6.45, 7) is 4.35. The van der Waals surface area contributed by atoms with Gasteiger partial charge in [-0.15, -0.1) is 0 Å². The first kappa shape index (κ1) is 7.14. The summed E-state index contributed by atoms with van der Waals surface area (Å²) in [7, 11) is 0. The summed E-state index contributed by atoms with van der Waals surface area (Å²) in [6, 6.07) is 0. The minimum atomic E-state index is 0.128. The zero-order chi connectivity index (χ0) is 7.90. The summed E-state index contributed by atoms with van der Waals surface area (Å²) < 4.78 is 0. The lowest BCUT2D eigenvalue weighted by molar-refractivity contribution is -0.0152. The molecule has 2 unspecified atom stereocenters. The van der Waals surface area contributed by atoms with Crippen LogP contribution in [0.4, 0.5) is 0 Å². The molecular formula is C9H15NO. The van der Waals surface area contributed by atoms with Gasteiger partial charge in [0.25, 0.3) is 0 Å². The fourth-order valence-corrected chi connectivity index (χ4v) is 2.30. The standard InChI is InChI=1S/C9H15NO/c1-7-3-4-9(5-7)6-8(2)10-11-9/h7H,3-6H2,1-2H3. The van der Waals surface area contributed by atoms with Gasteiger partial charge in [0, 0.05) is 6.42 Å². The number of rotatable bonds is 0. The molecule has 0 N–H and O–H groups in total. The molecule has 0 radical (unpaired) electrons. The molecule has 1 aliphatic carbocycles. The fraction of sp³-hybridized carbons (Fsp3) is 0.889. The molecule has 0 aromatic heterocycles. The van der Waals surface area contributed by atoms with Crippen molar-refractivity contribution >= 4 is 5.71 Å². The highest BCUT2D eigenvalue weighted by Gasteiger charge is 2.43. The van der Waals surface area contributed by atoms with Gasteiger partial charge in [0.05, 0.1) is 5.71 Å². The fourth-order valence-electron chi connectivity index (χ4n) is 2.30. The molecule has 0 aromatic carbocycles. The number of hydrogen-bond acceptors (Lipinski definition) is 2. The quantitative estimate of drug-likeness (QED) is 0.523. The molecule has 0 saturated heterocycles. The highest BCUT2D eigenvalue weighted by Crippen LogP contribution is 2.42. The van der Waals surface area contributed by atoms with Gasteiger partial charge in [0.1, 0.15) is 5.60 Å². The third kappa shape index (κ3) is 1.15. The van der Waals surface area contributed by atoms with Gasteiger partial charge in [-0.1, -0.05) is 12.1 Å². The van der Waals surface area contributed by atoms with Crippen LogP contribution in [0.1, 0.15) is 39.5 Å². The Balaban J connectivity index is 2.05. The highest BCUT2D eigenvalue weighted by molar-refractivity contribution is 5.83. The summed E-state index contributed by atoms with van der Waals surface area (Å²) >= 11 is 0. The maximum atomic E-state index is 5.47. The van der Waals surface area contributed by atoms with Crippen molar-refractivity contribution in [1.29, 1.82) is 0 Å². The van der Waals surface area contributed by atoms with E-state index >= 15 is 0 Å². The van der Waals surface area contributed by atoms with E-state index in [1.165, 1.54) is 25.0 Å².